The first-order valence-electron chi connectivity index (χ1n) is 5.51. The normalized spacial score (nSPS) is 10.8. The van der Waals surface area contributed by atoms with Crippen LogP contribution >= 0.6 is 11.8 Å². The molecule has 0 saturated carbocycles. The molecule has 0 aliphatic heterocycles. The molecular formula is C12H17F2NS. The molecule has 0 aliphatic carbocycles. The smallest absolute Gasteiger partial charge is 0.288 e. The van der Waals surface area contributed by atoms with Gasteiger partial charge in [0.1, 0.15) is 0 Å². The maximum absolute atomic E-state index is 12.1. The Morgan fingerprint density at radius 1 is 1.19 bits per heavy atom. The SMILES string of the molecule is CCCCCNc1ccc(SC(F)F)cc1. The maximum atomic E-state index is 12.1. The van der Waals surface area contributed by atoms with Crippen LogP contribution in [0.3, 0.4) is 0 Å². The predicted octanol–water partition coefficient (Wildman–Crippen LogP) is 4.60. The van der Waals surface area contributed by atoms with E-state index < -0.39 is 5.76 Å². The summed E-state index contributed by atoms with van der Waals surface area (Å²) in [5.41, 5.74) is 0.995. The molecule has 1 aromatic carbocycles. The summed E-state index contributed by atoms with van der Waals surface area (Å²) < 4.78 is 24.1. The number of rotatable bonds is 7. The molecule has 0 heterocycles. The van der Waals surface area contributed by atoms with Crippen molar-refractivity contribution in [2.75, 3.05) is 11.9 Å². The summed E-state index contributed by atoms with van der Waals surface area (Å²) in [6.45, 7) is 3.10. The van der Waals surface area contributed by atoms with E-state index in [-0.39, 0.29) is 0 Å². The van der Waals surface area contributed by atoms with Crippen LogP contribution in [0.25, 0.3) is 0 Å². The second kappa shape index (κ2) is 7.49. The van der Waals surface area contributed by atoms with E-state index in [1.54, 1.807) is 12.1 Å². The molecule has 16 heavy (non-hydrogen) atoms. The summed E-state index contributed by atoms with van der Waals surface area (Å²) in [5, 5.41) is 3.26. The highest BCUT2D eigenvalue weighted by Gasteiger charge is 2.04. The van der Waals surface area contributed by atoms with E-state index in [1.807, 2.05) is 12.1 Å². The molecule has 0 aliphatic rings. The first-order chi connectivity index (χ1) is 7.72. The zero-order valence-electron chi connectivity index (χ0n) is 9.38. The first kappa shape index (κ1) is 13.3. The van der Waals surface area contributed by atoms with E-state index in [0.29, 0.717) is 16.7 Å². The number of thioether (sulfide) groups is 1. The maximum Gasteiger partial charge on any atom is 0.288 e. The van der Waals surface area contributed by atoms with Crippen LogP contribution in [0.4, 0.5) is 14.5 Å². The third-order valence-electron chi connectivity index (χ3n) is 2.19. The Balaban J connectivity index is 2.33. The predicted molar refractivity (Wildman–Crippen MR) is 66.3 cm³/mol. The monoisotopic (exact) mass is 245 g/mol. The molecular weight excluding hydrogens is 228 g/mol. The van der Waals surface area contributed by atoms with Crippen molar-refractivity contribution in [3.05, 3.63) is 24.3 Å². The first-order valence-corrected chi connectivity index (χ1v) is 6.39. The van der Waals surface area contributed by atoms with E-state index >= 15 is 0 Å². The van der Waals surface area contributed by atoms with E-state index in [0.717, 1.165) is 18.7 Å². The summed E-state index contributed by atoms with van der Waals surface area (Å²) in [4.78, 5) is 0.606. The molecule has 0 unspecified atom stereocenters. The number of hydrogen-bond acceptors (Lipinski definition) is 2. The summed E-state index contributed by atoms with van der Waals surface area (Å²) in [5.74, 6) is -2.34. The Morgan fingerprint density at radius 2 is 1.88 bits per heavy atom. The van der Waals surface area contributed by atoms with Crippen molar-refractivity contribution in [3.63, 3.8) is 0 Å². The Kier molecular flexibility index (Phi) is 6.23. The Morgan fingerprint density at radius 3 is 2.44 bits per heavy atom. The number of halogens is 2. The largest absolute Gasteiger partial charge is 0.385 e. The molecule has 0 atom stereocenters. The molecule has 1 rings (SSSR count). The third kappa shape index (κ3) is 5.35. The Hall–Kier alpha value is -0.770. The fourth-order valence-electron chi connectivity index (χ4n) is 1.36. The summed E-state index contributed by atoms with van der Waals surface area (Å²) in [6, 6.07) is 7.13. The van der Waals surface area contributed by atoms with Crippen LogP contribution in [0.15, 0.2) is 29.2 Å². The van der Waals surface area contributed by atoms with Crippen molar-refractivity contribution in [2.45, 2.75) is 36.8 Å². The van der Waals surface area contributed by atoms with Gasteiger partial charge in [-0.3, -0.25) is 0 Å². The molecule has 0 amide bonds. The van der Waals surface area contributed by atoms with E-state index in [9.17, 15) is 8.78 Å². The van der Waals surface area contributed by atoms with Crippen LogP contribution < -0.4 is 5.32 Å². The van der Waals surface area contributed by atoms with Crippen molar-refractivity contribution in [1.29, 1.82) is 0 Å². The Labute approximate surface area is 99.6 Å². The number of anilines is 1. The van der Waals surface area contributed by atoms with Crippen molar-refractivity contribution < 1.29 is 8.78 Å². The standard InChI is InChI=1S/C12H17F2NS/c1-2-3-4-9-15-10-5-7-11(8-6-10)16-12(13)14/h5-8,12,15H,2-4,9H2,1H3. The molecule has 4 heteroatoms. The topological polar surface area (TPSA) is 12.0 Å². The molecule has 1 nitrogen and oxygen atoms in total. The highest BCUT2D eigenvalue weighted by Crippen LogP contribution is 2.26. The molecule has 90 valence electrons. The lowest BCUT2D eigenvalue weighted by molar-refractivity contribution is 0.252. The number of unbranched alkanes of at least 4 members (excludes halogenated alkanes) is 2. The highest BCUT2D eigenvalue weighted by molar-refractivity contribution is 7.99. The van der Waals surface area contributed by atoms with Crippen LogP contribution in [0.2, 0.25) is 0 Å². The van der Waals surface area contributed by atoms with Gasteiger partial charge in [0, 0.05) is 17.1 Å². The van der Waals surface area contributed by atoms with Gasteiger partial charge in [0.15, 0.2) is 0 Å². The van der Waals surface area contributed by atoms with Crippen LogP contribution in [0.1, 0.15) is 26.2 Å². The van der Waals surface area contributed by atoms with E-state index in [1.165, 1.54) is 12.8 Å². The third-order valence-corrected chi connectivity index (χ3v) is 2.91. The minimum atomic E-state index is -2.34. The molecule has 0 bridgehead atoms. The molecule has 0 radical (unpaired) electrons. The summed E-state index contributed by atoms with van der Waals surface area (Å²) >= 11 is 0.578. The number of nitrogens with one attached hydrogen (secondary N) is 1. The van der Waals surface area contributed by atoms with Gasteiger partial charge in [-0.1, -0.05) is 31.5 Å². The van der Waals surface area contributed by atoms with Crippen molar-refractivity contribution >= 4 is 17.4 Å². The van der Waals surface area contributed by atoms with Crippen molar-refractivity contribution in [3.8, 4) is 0 Å². The lowest BCUT2D eigenvalue weighted by Gasteiger charge is -2.06. The molecule has 1 N–H and O–H groups in total. The molecule has 1 aromatic rings. The van der Waals surface area contributed by atoms with Gasteiger partial charge in [-0.05, 0) is 30.7 Å². The van der Waals surface area contributed by atoms with Gasteiger partial charge in [0.05, 0.1) is 0 Å². The Bertz CT molecular complexity index is 288. The van der Waals surface area contributed by atoms with Crippen LogP contribution in [0, 0.1) is 0 Å². The van der Waals surface area contributed by atoms with Gasteiger partial charge < -0.3 is 5.32 Å². The fraction of sp³-hybridized carbons (Fsp3) is 0.500. The minimum absolute atomic E-state index is 0.578. The average Bonchev–Trinajstić information content (AvgIpc) is 2.26. The van der Waals surface area contributed by atoms with Gasteiger partial charge in [-0.25, -0.2) is 0 Å². The van der Waals surface area contributed by atoms with Crippen molar-refractivity contribution in [1.82, 2.24) is 0 Å². The van der Waals surface area contributed by atoms with Gasteiger partial charge in [0.2, 0.25) is 0 Å². The average molecular weight is 245 g/mol. The minimum Gasteiger partial charge on any atom is -0.385 e. The summed E-state index contributed by atoms with van der Waals surface area (Å²) in [7, 11) is 0. The zero-order valence-corrected chi connectivity index (χ0v) is 10.2. The van der Waals surface area contributed by atoms with E-state index in [4.69, 9.17) is 0 Å². The molecule has 0 aromatic heterocycles. The van der Waals surface area contributed by atoms with Gasteiger partial charge in [-0.15, -0.1) is 0 Å². The van der Waals surface area contributed by atoms with Gasteiger partial charge in [-0.2, -0.15) is 8.78 Å². The molecule has 0 spiro atoms. The molecule has 0 saturated heterocycles. The summed E-state index contributed by atoms with van der Waals surface area (Å²) in [6.07, 6.45) is 3.56. The van der Waals surface area contributed by atoms with Crippen LogP contribution in [-0.4, -0.2) is 12.3 Å². The van der Waals surface area contributed by atoms with Crippen LogP contribution in [0.5, 0.6) is 0 Å². The second-order valence-electron chi connectivity index (χ2n) is 3.54. The number of hydrogen-bond donors (Lipinski definition) is 1. The lowest BCUT2D eigenvalue weighted by Crippen LogP contribution is -2.00. The van der Waals surface area contributed by atoms with Gasteiger partial charge >= 0.3 is 0 Å². The lowest BCUT2D eigenvalue weighted by atomic mass is 10.2. The van der Waals surface area contributed by atoms with Crippen LogP contribution in [-0.2, 0) is 0 Å². The second-order valence-corrected chi connectivity index (χ2v) is 4.60. The van der Waals surface area contributed by atoms with Crippen molar-refractivity contribution in [2.24, 2.45) is 0 Å². The quantitative estimate of drug-likeness (QED) is 0.556. The number of benzene rings is 1. The molecule has 0 fully saturated rings. The fourth-order valence-corrected chi connectivity index (χ4v) is 1.86. The van der Waals surface area contributed by atoms with Gasteiger partial charge in [0.25, 0.3) is 5.76 Å². The van der Waals surface area contributed by atoms with E-state index in [2.05, 4.69) is 12.2 Å². The highest BCUT2D eigenvalue weighted by atomic mass is 32.2. The number of alkyl halides is 2. The zero-order chi connectivity index (χ0) is 11.8.